The summed E-state index contributed by atoms with van der Waals surface area (Å²) in [5.74, 6) is 0. The van der Waals surface area contributed by atoms with Gasteiger partial charge in [0.2, 0.25) is 0 Å². The lowest BCUT2D eigenvalue weighted by molar-refractivity contribution is 0.354. The van der Waals surface area contributed by atoms with E-state index in [0.717, 1.165) is 4.48 Å². The molecule has 0 N–H and O–H groups in total. The number of benzene rings is 2. The van der Waals surface area contributed by atoms with Crippen molar-refractivity contribution >= 4 is 11.4 Å². The number of hydrogen-bond donors (Lipinski definition) is 0. The molecule has 0 aliphatic heterocycles. The Balaban J connectivity index is 2.09. The van der Waals surface area contributed by atoms with Crippen molar-refractivity contribution in [3.8, 4) is 0 Å². The van der Waals surface area contributed by atoms with E-state index in [1.807, 2.05) is 0 Å². The molecule has 0 bridgehead atoms. The van der Waals surface area contributed by atoms with Crippen molar-refractivity contribution in [3.05, 3.63) is 60.7 Å². The SMILES string of the molecule is CCCCCCCCC[N+](CCCCCCCC)(c1ccccc1)c1ccccc1. The molecule has 0 unspecified atom stereocenters. The van der Waals surface area contributed by atoms with Gasteiger partial charge in [-0.15, -0.1) is 0 Å². The maximum Gasteiger partial charge on any atom is 0.137 e. The van der Waals surface area contributed by atoms with Gasteiger partial charge in [0.15, 0.2) is 0 Å². The van der Waals surface area contributed by atoms with Crippen molar-refractivity contribution in [2.75, 3.05) is 13.1 Å². The summed E-state index contributed by atoms with van der Waals surface area (Å²) in [5, 5.41) is 0. The second-order valence-corrected chi connectivity index (χ2v) is 8.98. The summed E-state index contributed by atoms with van der Waals surface area (Å²) in [5.41, 5.74) is 2.92. The monoisotopic (exact) mass is 408 g/mol. The van der Waals surface area contributed by atoms with Crippen LogP contribution in [-0.2, 0) is 0 Å². The van der Waals surface area contributed by atoms with Gasteiger partial charge in [0.1, 0.15) is 11.4 Å². The zero-order valence-electron chi connectivity index (χ0n) is 19.8. The van der Waals surface area contributed by atoms with Crippen LogP contribution in [0.4, 0.5) is 11.4 Å². The maximum absolute atomic E-state index is 2.35. The zero-order chi connectivity index (χ0) is 21.3. The molecule has 0 saturated carbocycles. The Morgan fingerprint density at radius 1 is 0.433 bits per heavy atom. The second-order valence-electron chi connectivity index (χ2n) is 8.98. The van der Waals surface area contributed by atoms with Crippen LogP contribution in [0.3, 0.4) is 0 Å². The molecule has 2 aromatic rings. The highest BCUT2D eigenvalue weighted by atomic mass is 15.4. The summed E-state index contributed by atoms with van der Waals surface area (Å²) >= 11 is 0. The van der Waals surface area contributed by atoms with Crippen LogP contribution < -0.4 is 4.48 Å². The van der Waals surface area contributed by atoms with E-state index in [1.54, 1.807) is 0 Å². The molecular weight excluding hydrogens is 362 g/mol. The molecule has 0 saturated heterocycles. The van der Waals surface area contributed by atoms with E-state index in [-0.39, 0.29) is 0 Å². The van der Waals surface area contributed by atoms with Crippen LogP contribution in [0.25, 0.3) is 0 Å². The molecule has 1 nitrogen and oxygen atoms in total. The molecule has 2 aromatic carbocycles. The summed E-state index contributed by atoms with van der Waals surface area (Å²) in [6.07, 6.45) is 17.8. The predicted molar refractivity (Wildman–Crippen MR) is 135 cm³/mol. The lowest BCUT2D eigenvalue weighted by Crippen LogP contribution is -2.46. The van der Waals surface area contributed by atoms with Crippen LogP contribution in [0.15, 0.2) is 60.7 Å². The molecule has 0 aromatic heterocycles. The summed E-state index contributed by atoms with van der Waals surface area (Å²) < 4.78 is 1.02. The average Bonchev–Trinajstić information content (AvgIpc) is 2.80. The van der Waals surface area contributed by atoms with Gasteiger partial charge in [-0.25, -0.2) is 0 Å². The first-order valence-electron chi connectivity index (χ1n) is 12.8. The summed E-state index contributed by atoms with van der Waals surface area (Å²) in [6.45, 7) is 7.04. The van der Waals surface area contributed by atoms with Gasteiger partial charge < -0.3 is 0 Å². The molecule has 0 heterocycles. The molecule has 0 atom stereocenters. The van der Waals surface area contributed by atoms with E-state index in [1.165, 1.54) is 108 Å². The van der Waals surface area contributed by atoms with Gasteiger partial charge in [-0.05, 0) is 49.9 Å². The fraction of sp³-hybridized carbons (Fsp3) is 0.586. The number of hydrogen-bond acceptors (Lipinski definition) is 0. The van der Waals surface area contributed by atoms with Crippen molar-refractivity contribution < 1.29 is 0 Å². The number of quaternary nitrogens is 1. The molecule has 0 fully saturated rings. The molecule has 166 valence electrons. The second kappa shape index (κ2) is 15.2. The minimum absolute atomic E-state index is 1.02. The van der Waals surface area contributed by atoms with Gasteiger partial charge in [-0.2, -0.15) is 0 Å². The van der Waals surface area contributed by atoms with Gasteiger partial charge in [0.05, 0.1) is 13.1 Å². The van der Waals surface area contributed by atoms with Crippen molar-refractivity contribution in [1.29, 1.82) is 0 Å². The van der Waals surface area contributed by atoms with Crippen molar-refractivity contribution in [2.24, 2.45) is 0 Å². The molecule has 0 radical (unpaired) electrons. The van der Waals surface area contributed by atoms with Gasteiger partial charge in [0.25, 0.3) is 0 Å². The van der Waals surface area contributed by atoms with Crippen LogP contribution in [0.2, 0.25) is 0 Å². The van der Waals surface area contributed by atoms with Crippen LogP contribution in [0.5, 0.6) is 0 Å². The third-order valence-corrected chi connectivity index (χ3v) is 6.54. The molecular formula is C29H46N+. The number of para-hydroxylation sites is 2. The quantitative estimate of drug-likeness (QED) is 0.180. The molecule has 1 heteroatoms. The first-order chi connectivity index (χ1) is 14.8. The van der Waals surface area contributed by atoms with E-state index in [2.05, 4.69) is 74.5 Å². The molecule has 0 aliphatic carbocycles. The topological polar surface area (TPSA) is 0 Å². The Morgan fingerprint density at radius 2 is 0.767 bits per heavy atom. The average molecular weight is 409 g/mol. The lowest BCUT2D eigenvalue weighted by Gasteiger charge is -2.38. The third-order valence-electron chi connectivity index (χ3n) is 6.54. The van der Waals surface area contributed by atoms with Gasteiger partial charge in [-0.3, -0.25) is 4.48 Å². The molecule has 2 rings (SSSR count). The summed E-state index contributed by atoms with van der Waals surface area (Å²) in [6, 6.07) is 22.6. The first-order valence-corrected chi connectivity index (χ1v) is 12.8. The standard InChI is InChI=1S/C29H46N/c1-3-5-7-9-11-13-21-27-30(28-22-16-14-17-23-28,29-24-18-15-19-25-29)26-20-12-10-8-6-4-2/h14-19,22-25H,3-13,20-21,26-27H2,1-2H3/q+1. The number of nitrogens with zero attached hydrogens (tertiary/aromatic N) is 1. The largest absolute Gasteiger partial charge is 0.259 e. The minimum atomic E-state index is 1.02. The third kappa shape index (κ3) is 8.26. The fourth-order valence-electron chi connectivity index (χ4n) is 4.70. The Labute approximate surface area is 187 Å². The van der Waals surface area contributed by atoms with Crippen LogP contribution in [-0.4, -0.2) is 13.1 Å². The number of rotatable bonds is 17. The van der Waals surface area contributed by atoms with Crippen molar-refractivity contribution in [2.45, 2.75) is 97.3 Å². The fourth-order valence-corrected chi connectivity index (χ4v) is 4.70. The van der Waals surface area contributed by atoms with Gasteiger partial charge in [0, 0.05) is 0 Å². The Kier molecular flexibility index (Phi) is 12.5. The normalized spacial score (nSPS) is 11.7. The van der Waals surface area contributed by atoms with Crippen LogP contribution >= 0.6 is 0 Å². The smallest absolute Gasteiger partial charge is 0.137 e. The van der Waals surface area contributed by atoms with Crippen molar-refractivity contribution in [3.63, 3.8) is 0 Å². The van der Waals surface area contributed by atoms with E-state index in [9.17, 15) is 0 Å². The number of unbranched alkanes of at least 4 members (excludes halogenated alkanes) is 11. The minimum Gasteiger partial charge on any atom is -0.259 e. The van der Waals surface area contributed by atoms with E-state index in [0.29, 0.717) is 0 Å². The lowest BCUT2D eigenvalue weighted by atomic mass is 10.0. The first kappa shape index (κ1) is 24.7. The Hall–Kier alpha value is -1.60. The van der Waals surface area contributed by atoms with E-state index >= 15 is 0 Å². The van der Waals surface area contributed by atoms with E-state index in [4.69, 9.17) is 0 Å². The van der Waals surface area contributed by atoms with Crippen LogP contribution in [0.1, 0.15) is 97.3 Å². The summed E-state index contributed by atoms with van der Waals surface area (Å²) in [7, 11) is 0. The van der Waals surface area contributed by atoms with Gasteiger partial charge >= 0.3 is 0 Å². The highest BCUT2D eigenvalue weighted by molar-refractivity contribution is 5.58. The molecule has 0 spiro atoms. The summed E-state index contributed by atoms with van der Waals surface area (Å²) in [4.78, 5) is 0. The van der Waals surface area contributed by atoms with Gasteiger partial charge in [-0.1, -0.05) is 108 Å². The predicted octanol–water partition coefficient (Wildman–Crippen LogP) is 9.44. The molecule has 30 heavy (non-hydrogen) atoms. The van der Waals surface area contributed by atoms with E-state index < -0.39 is 0 Å². The van der Waals surface area contributed by atoms with Crippen molar-refractivity contribution in [1.82, 2.24) is 4.48 Å². The Bertz CT molecular complexity index is 594. The highest BCUT2D eigenvalue weighted by Crippen LogP contribution is 2.36. The molecule has 0 aliphatic rings. The Morgan fingerprint density at radius 3 is 1.13 bits per heavy atom. The zero-order valence-corrected chi connectivity index (χ0v) is 19.8. The molecule has 0 amide bonds. The maximum atomic E-state index is 2.35. The highest BCUT2D eigenvalue weighted by Gasteiger charge is 2.32. The van der Waals surface area contributed by atoms with Crippen LogP contribution in [0, 0.1) is 0 Å².